The summed E-state index contributed by atoms with van der Waals surface area (Å²) in [5.74, 6) is 0.643. The lowest BCUT2D eigenvalue weighted by Crippen LogP contribution is -2.38. The van der Waals surface area contributed by atoms with Crippen molar-refractivity contribution in [3.63, 3.8) is 0 Å². The molecule has 0 radical (unpaired) electrons. The molecule has 0 bridgehead atoms. The van der Waals surface area contributed by atoms with Crippen LogP contribution in [0.3, 0.4) is 0 Å². The zero-order chi connectivity index (χ0) is 19.5. The molecule has 1 unspecified atom stereocenters. The van der Waals surface area contributed by atoms with E-state index in [0.717, 1.165) is 42.6 Å². The number of thiazole rings is 1. The highest BCUT2D eigenvalue weighted by Crippen LogP contribution is 2.29. The Morgan fingerprint density at radius 1 is 1.44 bits per heavy atom. The molecular formula is C17H27F3N4O2S. The summed E-state index contributed by atoms with van der Waals surface area (Å²) in [6, 6.07) is 0. The first kappa shape index (κ1) is 21.9. The molecule has 6 nitrogen and oxygen atoms in total. The van der Waals surface area contributed by atoms with Crippen molar-refractivity contribution in [3.05, 3.63) is 16.1 Å². The molecule has 0 aromatic carbocycles. The number of nitrogens with zero attached hydrogens (tertiary/aromatic N) is 2. The van der Waals surface area contributed by atoms with Crippen LogP contribution >= 0.6 is 11.3 Å². The Kier molecular flexibility index (Phi) is 9.29. The summed E-state index contributed by atoms with van der Waals surface area (Å²) in [5.41, 5.74) is -0.828. The van der Waals surface area contributed by atoms with Gasteiger partial charge in [-0.25, -0.2) is 4.98 Å². The summed E-state index contributed by atoms with van der Waals surface area (Å²) in [6.45, 7) is 5.82. The van der Waals surface area contributed by atoms with Crippen LogP contribution < -0.4 is 10.6 Å². The maximum Gasteiger partial charge on any atom is 0.434 e. The predicted molar refractivity (Wildman–Crippen MR) is 99.2 cm³/mol. The number of guanidine groups is 1. The van der Waals surface area contributed by atoms with Gasteiger partial charge in [0.25, 0.3) is 0 Å². The summed E-state index contributed by atoms with van der Waals surface area (Å²) in [6.07, 6.45) is -0.772. The fourth-order valence-corrected chi connectivity index (χ4v) is 3.34. The molecule has 2 heterocycles. The normalized spacial score (nSPS) is 18.1. The van der Waals surface area contributed by atoms with E-state index in [1.165, 1.54) is 0 Å². The number of aromatic nitrogens is 1. The molecule has 10 heteroatoms. The average molecular weight is 408 g/mol. The smallest absolute Gasteiger partial charge is 0.379 e. The van der Waals surface area contributed by atoms with E-state index < -0.39 is 11.9 Å². The van der Waals surface area contributed by atoms with Gasteiger partial charge in [0.15, 0.2) is 11.7 Å². The van der Waals surface area contributed by atoms with Crippen LogP contribution in [0.25, 0.3) is 0 Å². The fraction of sp³-hybridized carbons (Fsp3) is 0.765. The molecule has 154 valence electrons. The van der Waals surface area contributed by atoms with Crippen molar-refractivity contribution in [2.24, 2.45) is 4.99 Å². The van der Waals surface area contributed by atoms with Gasteiger partial charge >= 0.3 is 6.18 Å². The number of aliphatic imine (C=N–C) groups is 1. The molecule has 27 heavy (non-hydrogen) atoms. The van der Waals surface area contributed by atoms with Crippen LogP contribution in [0.4, 0.5) is 13.2 Å². The van der Waals surface area contributed by atoms with Crippen LogP contribution in [0.2, 0.25) is 0 Å². The average Bonchev–Trinajstić information content (AvgIpc) is 3.29. The van der Waals surface area contributed by atoms with Gasteiger partial charge in [-0.1, -0.05) is 0 Å². The highest BCUT2D eigenvalue weighted by atomic mass is 32.1. The molecule has 0 amide bonds. The third-order valence-electron chi connectivity index (χ3n) is 3.86. The fourth-order valence-electron chi connectivity index (χ4n) is 2.53. The summed E-state index contributed by atoms with van der Waals surface area (Å²) in [5, 5.41) is 7.73. The summed E-state index contributed by atoms with van der Waals surface area (Å²) in [7, 11) is 0. The predicted octanol–water partition coefficient (Wildman–Crippen LogP) is 2.85. The van der Waals surface area contributed by atoms with Crippen molar-refractivity contribution in [3.8, 4) is 0 Å². The minimum Gasteiger partial charge on any atom is -0.379 e. The highest BCUT2D eigenvalue weighted by molar-refractivity contribution is 7.09. The Hall–Kier alpha value is -1.39. The zero-order valence-corrected chi connectivity index (χ0v) is 16.3. The quantitative estimate of drug-likeness (QED) is 0.354. The molecule has 1 aliphatic rings. The molecule has 1 fully saturated rings. The lowest BCUT2D eigenvalue weighted by Gasteiger charge is -2.11. The van der Waals surface area contributed by atoms with Gasteiger partial charge in [0, 0.05) is 44.6 Å². The number of hydrogen-bond donors (Lipinski definition) is 2. The van der Waals surface area contributed by atoms with Gasteiger partial charge in [-0.3, -0.25) is 4.99 Å². The number of nitrogens with one attached hydrogen (secondary N) is 2. The van der Waals surface area contributed by atoms with Crippen LogP contribution in [0.1, 0.15) is 36.9 Å². The second-order valence-corrected chi connectivity index (χ2v) is 7.07. The largest absolute Gasteiger partial charge is 0.434 e. The van der Waals surface area contributed by atoms with Crippen molar-refractivity contribution >= 4 is 17.3 Å². The standard InChI is InChI=1S/C17H27F3N4O2S/c1-2-21-16(22-7-4-9-25-11-13-5-3-10-26-13)23-8-6-15-24-14(12-27-15)17(18,19)20/h12-13H,2-11H2,1H3,(H2,21,22,23). The van der Waals surface area contributed by atoms with Crippen molar-refractivity contribution in [1.29, 1.82) is 0 Å². The first-order chi connectivity index (χ1) is 13.0. The van der Waals surface area contributed by atoms with Crippen LogP contribution in [-0.4, -0.2) is 56.5 Å². The van der Waals surface area contributed by atoms with Crippen LogP contribution in [0.15, 0.2) is 10.4 Å². The number of halogens is 3. The minimum absolute atomic E-state index is 0.233. The van der Waals surface area contributed by atoms with Gasteiger partial charge in [0.2, 0.25) is 0 Å². The number of alkyl halides is 3. The van der Waals surface area contributed by atoms with E-state index in [0.29, 0.717) is 50.2 Å². The number of ether oxygens (including phenoxy) is 2. The maximum absolute atomic E-state index is 12.5. The molecule has 1 aliphatic heterocycles. The van der Waals surface area contributed by atoms with E-state index in [2.05, 4.69) is 20.6 Å². The molecule has 1 saturated heterocycles. The van der Waals surface area contributed by atoms with Gasteiger partial charge in [-0.05, 0) is 26.2 Å². The first-order valence-corrected chi connectivity index (χ1v) is 10.1. The van der Waals surface area contributed by atoms with Crippen LogP contribution in [0, 0.1) is 0 Å². The summed E-state index contributed by atoms with van der Waals surface area (Å²) in [4.78, 5) is 8.06. The van der Waals surface area contributed by atoms with E-state index >= 15 is 0 Å². The SMILES string of the molecule is CCNC(=NCCCOCC1CCCO1)NCCc1nc(C(F)(F)F)cs1. The summed E-state index contributed by atoms with van der Waals surface area (Å²) >= 11 is 1.02. The lowest BCUT2D eigenvalue weighted by atomic mass is 10.2. The molecule has 1 aromatic heterocycles. The molecule has 1 aromatic rings. The third-order valence-corrected chi connectivity index (χ3v) is 4.77. The highest BCUT2D eigenvalue weighted by Gasteiger charge is 2.33. The Labute approximate surface area is 161 Å². The second-order valence-electron chi connectivity index (χ2n) is 6.13. The topological polar surface area (TPSA) is 67.8 Å². The monoisotopic (exact) mass is 408 g/mol. The molecule has 2 N–H and O–H groups in total. The molecule has 0 aliphatic carbocycles. The molecule has 1 atom stereocenters. The second kappa shape index (κ2) is 11.5. The Morgan fingerprint density at radius 2 is 2.30 bits per heavy atom. The van der Waals surface area contributed by atoms with Crippen LogP contribution in [-0.2, 0) is 22.1 Å². The van der Waals surface area contributed by atoms with Gasteiger partial charge in [-0.2, -0.15) is 13.2 Å². The maximum atomic E-state index is 12.5. The van der Waals surface area contributed by atoms with E-state index in [9.17, 15) is 13.2 Å². The third kappa shape index (κ3) is 8.44. The van der Waals surface area contributed by atoms with E-state index in [1.807, 2.05) is 6.92 Å². The minimum atomic E-state index is -4.38. The molecule has 2 rings (SSSR count). The van der Waals surface area contributed by atoms with E-state index in [-0.39, 0.29) is 6.10 Å². The van der Waals surface area contributed by atoms with E-state index in [1.54, 1.807) is 0 Å². The van der Waals surface area contributed by atoms with Crippen molar-refractivity contribution < 1.29 is 22.6 Å². The number of hydrogen-bond acceptors (Lipinski definition) is 5. The van der Waals surface area contributed by atoms with Crippen molar-refractivity contribution in [2.75, 3.05) is 39.5 Å². The first-order valence-electron chi connectivity index (χ1n) is 9.22. The Bertz CT molecular complexity index is 575. The van der Waals surface area contributed by atoms with Gasteiger partial charge in [0.1, 0.15) is 0 Å². The molecule has 0 saturated carbocycles. The van der Waals surface area contributed by atoms with Gasteiger partial charge in [0.05, 0.1) is 17.7 Å². The molecule has 0 spiro atoms. The van der Waals surface area contributed by atoms with Crippen molar-refractivity contribution in [2.45, 2.75) is 44.9 Å². The van der Waals surface area contributed by atoms with Gasteiger partial charge in [-0.15, -0.1) is 11.3 Å². The van der Waals surface area contributed by atoms with Crippen molar-refractivity contribution in [1.82, 2.24) is 15.6 Å². The zero-order valence-electron chi connectivity index (χ0n) is 15.5. The Balaban J connectivity index is 1.63. The van der Waals surface area contributed by atoms with Crippen LogP contribution in [0.5, 0.6) is 0 Å². The Morgan fingerprint density at radius 3 is 2.96 bits per heavy atom. The van der Waals surface area contributed by atoms with Gasteiger partial charge < -0.3 is 20.1 Å². The summed E-state index contributed by atoms with van der Waals surface area (Å²) < 4.78 is 48.7. The van der Waals surface area contributed by atoms with E-state index in [4.69, 9.17) is 9.47 Å². The lowest BCUT2D eigenvalue weighted by molar-refractivity contribution is -0.140. The molecular weight excluding hydrogens is 381 g/mol. The number of rotatable bonds is 10.